The third-order valence-corrected chi connectivity index (χ3v) is 6.92. The Hall–Kier alpha value is -0.430. The second kappa shape index (κ2) is 5.16. The number of aliphatic hydroxyl groups excluding tert-OH is 1. The zero-order valence-corrected chi connectivity index (χ0v) is 13.1. The van der Waals surface area contributed by atoms with Crippen LogP contribution < -0.4 is 5.73 Å². The standard InChI is InChI=1S/C13H18BrNO3S/c1-2-19(17,18)12-11(13(12,7-15)8-16)9-3-5-10(14)6-4-9/h3-6,11-12,16H,2,7-8,15H2,1H3. The summed E-state index contributed by atoms with van der Waals surface area (Å²) in [4.78, 5) is 0. The van der Waals surface area contributed by atoms with Crippen LogP contribution in [0, 0.1) is 5.41 Å². The van der Waals surface area contributed by atoms with E-state index in [0.717, 1.165) is 10.0 Å². The second-order valence-electron chi connectivity index (χ2n) is 5.00. The van der Waals surface area contributed by atoms with Crippen LogP contribution in [0.1, 0.15) is 18.4 Å². The van der Waals surface area contributed by atoms with E-state index in [9.17, 15) is 13.5 Å². The molecule has 0 amide bonds. The van der Waals surface area contributed by atoms with Gasteiger partial charge >= 0.3 is 0 Å². The molecule has 0 bridgehead atoms. The van der Waals surface area contributed by atoms with Gasteiger partial charge < -0.3 is 10.8 Å². The number of hydrogen-bond donors (Lipinski definition) is 2. The summed E-state index contributed by atoms with van der Waals surface area (Å²) in [7, 11) is -3.22. The third kappa shape index (κ3) is 2.35. The first-order chi connectivity index (χ1) is 8.93. The van der Waals surface area contributed by atoms with Gasteiger partial charge in [-0.15, -0.1) is 0 Å². The van der Waals surface area contributed by atoms with Crippen LogP contribution in [0.25, 0.3) is 0 Å². The number of halogens is 1. The summed E-state index contributed by atoms with van der Waals surface area (Å²) >= 11 is 3.35. The SMILES string of the molecule is CCS(=O)(=O)C1C(c2ccc(Br)cc2)C1(CN)CO. The highest BCUT2D eigenvalue weighted by Gasteiger charge is 2.69. The first-order valence-electron chi connectivity index (χ1n) is 6.21. The van der Waals surface area contributed by atoms with Gasteiger partial charge in [-0.3, -0.25) is 0 Å². The molecule has 2 rings (SSSR count). The van der Waals surface area contributed by atoms with Crippen molar-refractivity contribution in [3.05, 3.63) is 34.3 Å². The van der Waals surface area contributed by atoms with E-state index in [2.05, 4.69) is 15.9 Å². The minimum Gasteiger partial charge on any atom is -0.396 e. The van der Waals surface area contributed by atoms with Crippen LogP contribution in [0.3, 0.4) is 0 Å². The summed E-state index contributed by atoms with van der Waals surface area (Å²) in [5, 5.41) is 9.05. The molecule has 1 fully saturated rings. The van der Waals surface area contributed by atoms with Crippen molar-refractivity contribution in [2.24, 2.45) is 11.1 Å². The lowest BCUT2D eigenvalue weighted by atomic mass is 10.0. The smallest absolute Gasteiger partial charge is 0.154 e. The number of sulfone groups is 1. The highest BCUT2D eigenvalue weighted by Crippen LogP contribution is 2.62. The molecule has 19 heavy (non-hydrogen) atoms. The van der Waals surface area contributed by atoms with Crippen LogP contribution in [0.15, 0.2) is 28.7 Å². The third-order valence-electron chi connectivity index (χ3n) is 4.07. The largest absolute Gasteiger partial charge is 0.396 e. The van der Waals surface area contributed by atoms with E-state index < -0.39 is 20.5 Å². The average molecular weight is 348 g/mol. The predicted octanol–water partition coefficient (Wildman–Crippen LogP) is 1.29. The second-order valence-corrected chi connectivity index (χ2v) is 8.32. The Morgan fingerprint density at radius 2 is 1.95 bits per heavy atom. The van der Waals surface area contributed by atoms with E-state index in [0.29, 0.717) is 0 Å². The van der Waals surface area contributed by atoms with Gasteiger partial charge in [0.05, 0.1) is 11.9 Å². The molecule has 1 saturated carbocycles. The van der Waals surface area contributed by atoms with Crippen molar-refractivity contribution in [1.29, 1.82) is 0 Å². The Bertz CT molecular complexity index is 552. The van der Waals surface area contributed by atoms with E-state index in [1.165, 1.54) is 0 Å². The number of hydrogen-bond acceptors (Lipinski definition) is 4. The molecule has 1 aromatic carbocycles. The summed E-state index contributed by atoms with van der Waals surface area (Å²) < 4.78 is 25.3. The van der Waals surface area contributed by atoms with Crippen molar-refractivity contribution < 1.29 is 13.5 Å². The highest BCUT2D eigenvalue weighted by atomic mass is 79.9. The monoisotopic (exact) mass is 347 g/mol. The van der Waals surface area contributed by atoms with E-state index in [1.54, 1.807) is 6.92 Å². The van der Waals surface area contributed by atoms with Crippen LogP contribution in [0.2, 0.25) is 0 Å². The predicted molar refractivity (Wildman–Crippen MR) is 78.7 cm³/mol. The fraction of sp³-hybridized carbons (Fsp3) is 0.538. The van der Waals surface area contributed by atoms with Crippen molar-refractivity contribution in [2.75, 3.05) is 18.9 Å². The summed E-state index contributed by atoms with van der Waals surface area (Å²) in [6.07, 6.45) is 0. The van der Waals surface area contributed by atoms with Gasteiger partial charge in [-0.2, -0.15) is 0 Å². The molecule has 0 heterocycles. The first-order valence-corrected chi connectivity index (χ1v) is 8.71. The Morgan fingerprint density at radius 3 is 2.37 bits per heavy atom. The molecular formula is C13H18BrNO3S. The van der Waals surface area contributed by atoms with Crippen LogP contribution in [0.4, 0.5) is 0 Å². The maximum Gasteiger partial charge on any atom is 0.154 e. The van der Waals surface area contributed by atoms with Crippen LogP contribution in [0.5, 0.6) is 0 Å². The zero-order valence-electron chi connectivity index (χ0n) is 10.7. The quantitative estimate of drug-likeness (QED) is 0.840. The highest BCUT2D eigenvalue weighted by molar-refractivity contribution is 9.10. The van der Waals surface area contributed by atoms with Gasteiger partial charge in [0.1, 0.15) is 0 Å². The van der Waals surface area contributed by atoms with Gasteiger partial charge in [-0.25, -0.2) is 8.42 Å². The molecule has 0 aromatic heterocycles. The van der Waals surface area contributed by atoms with Gasteiger partial charge in [0.2, 0.25) is 0 Å². The molecule has 0 saturated heterocycles. The Kier molecular flexibility index (Phi) is 4.07. The fourth-order valence-corrected chi connectivity index (χ4v) is 5.29. The number of nitrogens with two attached hydrogens (primary N) is 1. The van der Waals surface area contributed by atoms with E-state index in [1.807, 2.05) is 24.3 Å². The molecule has 106 valence electrons. The van der Waals surface area contributed by atoms with Gasteiger partial charge in [0.15, 0.2) is 9.84 Å². The van der Waals surface area contributed by atoms with Crippen molar-refractivity contribution in [3.63, 3.8) is 0 Å². The summed E-state index contributed by atoms with van der Waals surface area (Å²) in [5.74, 6) is -0.132. The van der Waals surface area contributed by atoms with Crippen molar-refractivity contribution in [1.82, 2.24) is 0 Å². The minimum atomic E-state index is -3.22. The summed E-state index contributed by atoms with van der Waals surface area (Å²) in [5.41, 5.74) is 5.95. The maximum absolute atomic E-state index is 12.2. The van der Waals surface area contributed by atoms with Gasteiger partial charge in [-0.05, 0) is 17.7 Å². The fourth-order valence-electron chi connectivity index (χ4n) is 2.87. The van der Waals surface area contributed by atoms with E-state index >= 15 is 0 Å². The normalized spacial score (nSPS) is 30.3. The van der Waals surface area contributed by atoms with Crippen LogP contribution in [-0.2, 0) is 9.84 Å². The van der Waals surface area contributed by atoms with Crippen molar-refractivity contribution in [3.8, 4) is 0 Å². The zero-order chi connectivity index (χ0) is 14.3. The van der Waals surface area contributed by atoms with Gasteiger partial charge in [0, 0.05) is 28.1 Å². The maximum atomic E-state index is 12.2. The Labute approximate surface area is 122 Å². The topological polar surface area (TPSA) is 80.4 Å². The molecule has 0 aliphatic heterocycles. The lowest BCUT2D eigenvalue weighted by Gasteiger charge is -2.11. The molecule has 3 N–H and O–H groups in total. The number of benzene rings is 1. The van der Waals surface area contributed by atoms with Crippen LogP contribution >= 0.6 is 15.9 Å². The minimum absolute atomic E-state index is 0.0758. The van der Waals surface area contributed by atoms with Gasteiger partial charge in [0.25, 0.3) is 0 Å². The number of aliphatic hydroxyl groups is 1. The summed E-state index contributed by atoms with van der Waals surface area (Å²) in [6, 6.07) is 7.53. The first kappa shape index (κ1) is 15.0. The molecule has 6 heteroatoms. The Morgan fingerprint density at radius 1 is 1.37 bits per heavy atom. The molecule has 3 unspecified atom stereocenters. The molecule has 1 aromatic rings. The van der Waals surface area contributed by atoms with E-state index in [-0.39, 0.29) is 24.8 Å². The molecule has 4 nitrogen and oxygen atoms in total. The lowest BCUT2D eigenvalue weighted by molar-refractivity contribution is 0.212. The average Bonchev–Trinajstić information content (AvgIpc) is 3.10. The Balaban J connectivity index is 2.42. The molecule has 1 aliphatic carbocycles. The lowest BCUT2D eigenvalue weighted by Crippen LogP contribution is -2.28. The molecule has 0 spiro atoms. The molecule has 1 aliphatic rings. The summed E-state index contributed by atoms with van der Waals surface area (Å²) in [6.45, 7) is 1.60. The molecular weight excluding hydrogens is 330 g/mol. The number of rotatable bonds is 5. The van der Waals surface area contributed by atoms with Crippen molar-refractivity contribution in [2.45, 2.75) is 18.1 Å². The van der Waals surface area contributed by atoms with Crippen molar-refractivity contribution >= 4 is 25.8 Å². The van der Waals surface area contributed by atoms with E-state index in [4.69, 9.17) is 5.73 Å². The van der Waals surface area contributed by atoms with Gasteiger partial charge in [-0.1, -0.05) is 35.0 Å². The molecule has 0 radical (unpaired) electrons. The van der Waals surface area contributed by atoms with Crippen LogP contribution in [-0.4, -0.2) is 37.7 Å². The molecule has 3 atom stereocenters.